The Morgan fingerprint density at radius 1 is 1.21 bits per heavy atom. The second-order valence-corrected chi connectivity index (χ2v) is 6.15. The van der Waals surface area contributed by atoms with E-state index in [2.05, 4.69) is 20.5 Å². The van der Waals surface area contributed by atoms with Gasteiger partial charge in [-0.1, -0.05) is 0 Å². The van der Waals surface area contributed by atoms with Gasteiger partial charge in [-0.2, -0.15) is 0 Å². The molecule has 2 aromatic rings. The highest BCUT2D eigenvalue weighted by Crippen LogP contribution is 2.19. The number of Topliss-reactive ketones (excluding diaryl/α,β-unsaturated/α-hetero) is 1. The molecule has 0 saturated carbocycles. The summed E-state index contributed by atoms with van der Waals surface area (Å²) in [5.41, 5.74) is 0.579. The summed E-state index contributed by atoms with van der Waals surface area (Å²) in [4.78, 5) is 39.1. The highest BCUT2D eigenvalue weighted by atomic mass is 16.2. The second kappa shape index (κ2) is 5.70. The van der Waals surface area contributed by atoms with Crippen molar-refractivity contribution >= 4 is 11.7 Å². The van der Waals surface area contributed by atoms with E-state index in [-0.39, 0.29) is 17.9 Å². The molecule has 2 aromatic heterocycles. The van der Waals surface area contributed by atoms with E-state index in [4.69, 9.17) is 0 Å². The Morgan fingerprint density at radius 3 is 2.96 bits per heavy atom. The molecule has 8 heteroatoms. The number of carbonyl (C=O) groups excluding carboxylic acids is 2. The van der Waals surface area contributed by atoms with Crippen LogP contribution < -0.4 is 10.9 Å². The van der Waals surface area contributed by atoms with Crippen molar-refractivity contribution in [2.75, 3.05) is 0 Å². The molecule has 0 atom stereocenters. The van der Waals surface area contributed by atoms with Crippen molar-refractivity contribution in [1.29, 1.82) is 0 Å². The number of aryl methyl sites for hydroxylation is 2. The first-order valence-electron chi connectivity index (χ1n) is 8.12. The van der Waals surface area contributed by atoms with E-state index < -0.39 is 11.5 Å². The highest BCUT2D eigenvalue weighted by molar-refractivity contribution is 6.01. The first-order chi connectivity index (χ1) is 11.6. The number of nitrogens with one attached hydrogen (secondary N) is 2. The molecule has 124 valence electrons. The van der Waals surface area contributed by atoms with E-state index in [1.807, 2.05) is 4.57 Å². The molecule has 0 aromatic carbocycles. The summed E-state index contributed by atoms with van der Waals surface area (Å²) in [6, 6.07) is 1.42. The van der Waals surface area contributed by atoms with E-state index in [9.17, 15) is 14.4 Å². The van der Waals surface area contributed by atoms with E-state index in [0.717, 1.165) is 31.6 Å². The SMILES string of the molecule is O=C1CCCc2[nH]c(=O)c(C(=O)NCc3nnc4n3CCC4)cc21. The number of nitrogens with zero attached hydrogens (tertiary/aromatic N) is 3. The number of H-pyrrole nitrogens is 1. The molecule has 0 unspecified atom stereocenters. The molecule has 0 bridgehead atoms. The highest BCUT2D eigenvalue weighted by Gasteiger charge is 2.23. The predicted molar refractivity (Wildman–Crippen MR) is 83.8 cm³/mol. The van der Waals surface area contributed by atoms with Crippen LogP contribution in [0.25, 0.3) is 0 Å². The quantitative estimate of drug-likeness (QED) is 0.846. The van der Waals surface area contributed by atoms with Crippen LogP contribution in [0.1, 0.15) is 57.3 Å². The van der Waals surface area contributed by atoms with Gasteiger partial charge in [0, 0.05) is 30.6 Å². The van der Waals surface area contributed by atoms with Crippen molar-refractivity contribution in [1.82, 2.24) is 25.1 Å². The van der Waals surface area contributed by atoms with Gasteiger partial charge in [0.25, 0.3) is 11.5 Å². The number of amides is 1. The van der Waals surface area contributed by atoms with Crippen molar-refractivity contribution < 1.29 is 9.59 Å². The lowest BCUT2D eigenvalue weighted by molar-refractivity contribution is 0.0948. The Kier molecular flexibility index (Phi) is 3.51. The zero-order valence-corrected chi connectivity index (χ0v) is 13.1. The largest absolute Gasteiger partial charge is 0.345 e. The second-order valence-electron chi connectivity index (χ2n) is 6.15. The summed E-state index contributed by atoms with van der Waals surface area (Å²) in [5, 5.41) is 10.8. The van der Waals surface area contributed by atoms with Gasteiger partial charge in [-0.3, -0.25) is 14.4 Å². The molecule has 8 nitrogen and oxygen atoms in total. The molecule has 2 N–H and O–H groups in total. The van der Waals surface area contributed by atoms with Crippen molar-refractivity contribution in [3.63, 3.8) is 0 Å². The molecule has 0 saturated heterocycles. The lowest BCUT2D eigenvalue weighted by Gasteiger charge is -2.15. The number of aromatic nitrogens is 4. The molecular weight excluding hydrogens is 310 g/mol. The van der Waals surface area contributed by atoms with Crippen LogP contribution in [0.5, 0.6) is 0 Å². The number of hydrogen-bond donors (Lipinski definition) is 2. The van der Waals surface area contributed by atoms with Crippen LogP contribution in [0, 0.1) is 0 Å². The van der Waals surface area contributed by atoms with Crippen LogP contribution in [0.2, 0.25) is 0 Å². The van der Waals surface area contributed by atoms with Crippen molar-refractivity contribution in [3.05, 3.63) is 44.9 Å². The Bertz CT molecular complexity index is 896. The van der Waals surface area contributed by atoms with Crippen molar-refractivity contribution in [2.24, 2.45) is 0 Å². The number of ketones is 1. The third kappa shape index (κ3) is 2.44. The van der Waals surface area contributed by atoms with Gasteiger partial charge in [0.15, 0.2) is 11.6 Å². The first-order valence-corrected chi connectivity index (χ1v) is 8.12. The van der Waals surface area contributed by atoms with Crippen LogP contribution in [0.3, 0.4) is 0 Å². The molecular formula is C16H17N5O3. The zero-order valence-electron chi connectivity index (χ0n) is 13.1. The fourth-order valence-corrected chi connectivity index (χ4v) is 3.34. The van der Waals surface area contributed by atoms with Crippen LogP contribution in [-0.4, -0.2) is 31.4 Å². The van der Waals surface area contributed by atoms with Crippen LogP contribution in [-0.2, 0) is 25.9 Å². The smallest absolute Gasteiger partial charge is 0.261 e. The molecule has 4 rings (SSSR count). The molecule has 0 fully saturated rings. The molecule has 2 aliphatic rings. The fourth-order valence-electron chi connectivity index (χ4n) is 3.34. The number of pyridine rings is 1. The molecule has 0 spiro atoms. The van der Waals surface area contributed by atoms with Gasteiger partial charge in [-0.05, 0) is 25.3 Å². The minimum atomic E-state index is -0.507. The molecule has 24 heavy (non-hydrogen) atoms. The zero-order chi connectivity index (χ0) is 16.7. The van der Waals surface area contributed by atoms with E-state index in [0.29, 0.717) is 29.9 Å². The van der Waals surface area contributed by atoms with Gasteiger partial charge >= 0.3 is 0 Å². The molecule has 1 aliphatic carbocycles. The molecule has 3 heterocycles. The van der Waals surface area contributed by atoms with Crippen molar-refractivity contribution in [3.8, 4) is 0 Å². The van der Waals surface area contributed by atoms with Gasteiger partial charge in [-0.25, -0.2) is 0 Å². The lowest BCUT2D eigenvalue weighted by Crippen LogP contribution is -2.32. The van der Waals surface area contributed by atoms with E-state index >= 15 is 0 Å². The summed E-state index contributed by atoms with van der Waals surface area (Å²) in [6.45, 7) is 1.05. The number of aromatic amines is 1. The maximum Gasteiger partial charge on any atom is 0.261 e. The van der Waals surface area contributed by atoms with Crippen LogP contribution in [0.4, 0.5) is 0 Å². The number of fused-ring (bicyclic) bond motifs is 2. The van der Waals surface area contributed by atoms with E-state index in [1.54, 1.807) is 0 Å². The summed E-state index contributed by atoms with van der Waals surface area (Å²) in [6.07, 6.45) is 3.76. The Hall–Kier alpha value is -2.77. The minimum absolute atomic E-state index is 0.0307. The first kappa shape index (κ1) is 14.8. The Balaban J connectivity index is 1.55. The standard InChI is InChI=1S/C16H17N5O3/c22-12-4-1-3-11-9(12)7-10(16(24)18-11)15(23)17-8-14-20-19-13-5-2-6-21(13)14/h7H,1-6,8H2,(H,17,23)(H,18,24). The van der Waals surface area contributed by atoms with Gasteiger partial charge in [0.2, 0.25) is 0 Å². The maximum atomic E-state index is 12.4. The van der Waals surface area contributed by atoms with Gasteiger partial charge in [0.05, 0.1) is 6.54 Å². The Labute approximate surface area is 137 Å². The van der Waals surface area contributed by atoms with E-state index in [1.165, 1.54) is 6.07 Å². The minimum Gasteiger partial charge on any atom is -0.345 e. The summed E-state index contributed by atoms with van der Waals surface area (Å²) < 4.78 is 1.99. The van der Waals surface area contributed by atoms with Gasteiger partial charge < -0.3 is 14.9 Å². The molecule has 1 amide bonds. The van der Waals surface area contributed by atoms with Crippen molar-refractivity contribution in [2.45, 2.75) is 45.2 Å². The predicted octanol–water partition coefficient (Wildman–Crippen LogP) is 0.362. The molecule has 1 aliphatic heterocycles. The summed E-state index contributed by atoms with van der Waals surface area (Å²) >= 11 is 0. The average molecular weight is 327 g/mol. The van der Waals surface area contributed by atoms with Gasteiger partial charge in [-0.15, -0.1) is 10.2 Å². The Morgan fingerprint density at radius 2 is 2.08 bits per heavy atom. The normalized spacial score (nSPS) is 15.9. The lowest BCUT2D eigenvalue weighted by atomic mass is 9.93. The third-order valence-corrected chi connectivity index (χ3v) is 4.59. The number of carbonyl (C=O) groups is 2. The number of hydrogen-bond acceptors (Lipinski definition) is 5. The van der Waals surface area contributed by atoms with Gasteiger partial charge in [0.1, 0.15) is 11.4 Å². The average Bonchev–Trinajstić information content (AvgIpc) is 3.16. The van der Waals surface area contributed by atoms with Crippen LogP contribution in [0.15, 0.2) is 10.9 Å². The third-order valence-electron chi connectivity index (χ3n) is 4.59. The monoisotopic (exact) mass is 327 g/mol. The maximum absolute atomic E-state index is 12.4. The summed E-state index contributed by atoms with van der Waals surface area (Å²) in [5.74, 6) is 1.07. The fraction of sp³-hybridized carbons (Fsp3) is 0.438. The number of rotatable bonds is 3. The van der Waals surface area contributed by atoms with Crippen LogP contribution >= 0.6 is 0 Å². The molecule has 0 radical (unpaired) electrons. The topological polar surface area (TPSA) is 110 Å². The summed E-state index contributed by atoms with van der Waals surface area (Å²) in [7, 11) is 0.